The second-order valence-electron chi connectivity index (χ2n) is 9.52. The number of aryl methyl sites for hydroxylation is 5. The molecule has 0 saturated heterocycles. The van der Waals surface area contributed by atoms with Gasteiger partial charge in [0.1, 0.15) is 23.0 Å². The summed E-state index contributed by atoms with van der Waals surface area (Å²) >= 11 is 0. The molecule has 3 heterocycles. The smallest absolute Gasteiger partial charge is 0.143 e. The van der Waals surface area contributed by atoms with Crippen LogP contribution in [0.1, 0.15) is 58.9 Å². The van der Waals surface area contributed by atoms with E-state index in [9.17, 15) is 0 Å². The summed E-state index contributed by atoms with van der Waals surface area (Å²) < 4.78 is 4.65. The van der Waals surface area contributed by atoms with Crippen LogP contribution in [-0.4, -0.2) is 25.2 Å². The molecule has 2 aromatic carbocycles. The Bertz CT molecular complexity index is 1650. The summed E-state index contributed by atoms with van der Waals surface area (Å²) in [5, 5.41) is 11.8. The number of fused-ring (bicyclic) bond motifs is 1. The van der Waals surface area contributed by atoms with E-state index in [0.717, 1.165) is 39.5 Å². The van der Waals surface area contributed by atoms with Crippen LogP contribution in [0.15, 0.2) is 48.5 Å². The van der Waals surface area contributed by atoms with Crippen molar-refractivity contribution in [3.63, 3.8) is 0 Å². The fourth-order valence-corrected chi connectivity index (χ4v) is 5.09. The molecule has 0 amide bonds. The Morgan fingerprint density at radius 2 is 1.39 bits per heavy atom. The number of aromatic nitrogens is 4. The molecule has 0 radical (unpaired) electrons. The van der Waals surface area contributed by atoms with Gasteiger partial charge in [0.2, 0.25) is 0 Å². The van der Waals surface area contributed by atoms with Gasteiger partial charge in [-0.15, -0.1) is 0 Å². The van der Waals surface area contributed by atoms with Gasteiger partial charge in [0.25, 0.3) is 0 Å². The van der Waals surface area contributed by atoms with Crippen LogP contribution >= 0.6 is 0 Å². The van der Waals surface area contributed by atoms with E-state index >= 15 is 0 Å². The zero-order chi connectivity index (χ0) is 27.7. The Morgan fingerprint density at radius 1 is 0.763 bits per heavy atom. The van der Waals surface area contributed by atoms with Crippen molar-refractivity contribution in [2.75, 3.05) is 5.32 Å². The van der Waals surface area contributed by atoms with Crippen LogP contribution in [0.3, 0.4) is 0 Å². The molecule has 0 spiro atoms. The molecule has 5 aromatic rings. The summed E-state index contributed by atoms with van der Waals surface area (Å²) in [4.78, 5) is 9.60. The van der Waals surface area contributed by atoms with E-state index in [4.69, 9.17) is 15.4 Å². The number of para-hydroxylation sites is 2. The van der Waals surface area contributed by atoms with E-state index < -0.39 is 0 Å². The Morgan fingerprint density at radius 3 is 2.03 bits per heavy atom. The summed E-state index contributed by atoms with van der Waals surface area (Å²) in [7, 11) is 0. The highest BCUT2D eigenvalue weighted by atomic mass is 15.2. The Labute approximate surface area is 225 Å². The number of hydrogen-bond acceptors (Lipinski definition) is 4. The zero-order valence-corrected chi connectivity index (χ0v) is 24.0. The summed E-state index contributed by atoms with van der Waals surface area (Å²) in [5.74, 6) is 1.30. The van der Waals surface area contributed by atoms with Crippen molar-refractivity contribution in [2.24, 2.45) is 0 Å². The number of nitrogens with zero attached hydrogens (tertiary/aromatic N) is 4. The Hall–Kier alpha value is -4.19. The lowest BCUT2D eigenvalue weighted by Gasteiger charge is -2.15. The highest BCUT2D eigenvalue weighted by molar-refractivity contribution is 5.95. The average molecular weight is 507 g/mol. The molecule has 38 heavy (non-hydrogen) atoms. The lowest BCUT2D eigenvalue weighted by Crippen LogP contribution is -2.07. The summed E-state index contributed by atoms with van der Waals surface area (Å²) in [5.41, 5.74) is 12.7. The fourth-order valence-electron chi connectivity index (χ4n) is 5.09. The van der Waals surface area contributed by atoms with Crippen LogP contribution in [0.4, 0.5) is 11.5 Å². The van der Waals surface area contributed by atoms with Gasteiger partial charge in [-0.3, -0.25) is 8.97 Å². The van der Waals surface area contributed by atoms with Crippen molar-refractivity contribution in [1.29, 1.82) is 5.41 Å². The summed E-state index contributed by atoms with van der Waals surface area (Å²) in [6, 6.07) is 16.6. The molecule has 0 aliphatic carbocycles. The normalized spacial score (nSPS) is 10.9. The van der Waals surface area contributed by atoms with E-state index in [-0.39, 0.29) is 0 Å². The number of rotatable bonds is 5. The third-order valence-electron chi connectivity index (χ3n) is 7.28. The highest BCUT2D eigenvalue weighted by Gasteiger charge is 2.26. The molecule has 0 unspecified atom stereocenters. The van der Waals surface area contributed by atoms with Gasteiger partial charge in [0, 0.05) is 23.3 Å². The number of hydrogen-bond donors (Lipinski definition) is 2. The van der Waals surface area contributed by atoms with Crippen molar-refractivity contribution in [3.05, 3.63) is 93.6 Å². The number of nitrogens with one attached hydrogen (secondary N) is 2. The number of benzene rings is 2. The maximum atomic E-state index is 8.35. The SMILES string of the molecule is CC.Cc1nc(Nc2ccccc2C)c(C=N)c(-c2c(C)c(C)c3n(-c4ccccc4C)c(C)c(C)n23)n1. The second-order valence-corrected chi connectivity index (χ2v) is 9.52. The largest absolute Gasteiger partial charge is 0.339 e. The average Bonchev–Trinajstić information content (AvgIpc) is 3.31. The molecule has 6 heteroatoms. The quantitative estimate of drug-likeness (QED) is 0.237. The van der Waals surface area contributed by atoms with E-state index in [2.05, 4.69) is 86.2 Å². The molecule has 0 atom stereocenters. The van der Waals surface area contributed by atoms with Crippen LogP contribution < -0.4 is 5.32 Å². The molecule has 0 saturated carbocycles. The molecule has 0 bridgehead atoms. The second kappa shape index (κ2) is 10.7. The minimum absolute atomic E-state index is 0.640. The Balaban J connectivity index is 0.00000164. The first-order valence-electron chi connectivity index (χ1n) is 13.2. The molecule has 3 aromatic heterocycles. The summed E-state index contributed by atoms with van der Waals surface area (Å²) in [6.07, 6.45) is 1.37. The van der Waals surface area contributed by atoms with Gasteiger partial charge < -0.3 is 10.7 Å². The van der Waals surface area contributed by atoms with E-state index in [0.29, 0.717) is 17.2 Å². The van der Waals surface area contributed by atoms with E-state index in [1.54, 1.807) is 0 Å². The third-order valence-corrected chi connectivity index (χ3v) is 7.28. The number of anilines is 2. The third kappa shape index (κ3) is 4.30. The predicted molar refractivity (Wildman–Crippen MR) is 160 cm³/mol. The first-order valence-corrected chi connectivity index (χ1v) is 13.2. The minimum Gasteiger partial charge on any atom is -0.339 e. The van der Waals surface area contributed by atoms with Gasteiger partial charge in [-0.2, -0.15) is 0 Å². The minimum atomic E-state index is 0.640. The summed E-state index contributed by atoms with van der Waals surface area (Å²) in [6.45, 7) is 18.8. The highest BCUT2D eigenvalue weighted by Crippen LogP contribution is 2.38. The molecular formula is C32H38N6. The topological polar surface area (TPSA) is 71.0 Å². The van der Waals surface area contributed by atoms with Gasteiger partial charge in [-0.1, -0.05) is 50.2 Å². The molecular weight excluding hydrogens is 468 g/mol. The molecule has 196 valence electrons. The maximum Gasteiger partial charge on any atom is 0.143 e. The first kappa shape index (κ1) is 26.9. The number of imidazole rings is 1. The maximum absolute atomic E-state index is 8.35. The van der Waals surface area contributed by atoms with Crippen molar-refractivity contribution in [2.45, 2.75) is 62.3 Å². The Kier molecular flexibility index (Phi) is 7.53. The van der Waals surface area contributed by atoms with Crippen molar-refractivity contribution < 1.29 is 0 Å². The molecule has 6 nitrogen and oxygen atoms in total. The molecule has 0 aliphatic heterocycles. The van der Waals surface area contributed by atoms with Crippen LogP contribution in [-0.2, 0) is 0 Å². The van der Waals surface area contributed by atoms with Crippen molar-refractivity contribution >= 4 is 23.4 Å². The zero-order valence-electron chi connectivity index (χ0n) is 24.0. The van der Waals surface area contributed by atoms with Gasteiger partial charge >= 0.3 is 0 Å². The molecule has 0 fully saturated rings. The van der Waals surface area contributed by atoms with Crippen LogP contribution in [0.5, 0.6) is 0 Å². The van der Waals surface area contributed by atoms with Gasteiger partial charge in [0.15, 0.2) is 0 Å². The first-order chi connectivity index (χ1) is 18.2. The van der Waals surface area contributed by atoms with Gasteiger partial charge in [-0.25, -0.2) is 9.97 Å². The van der Waals surface area contributed by atoms with Crippen LogP contribution in [0, 0.1) is 53.9 Å². The van der Waals surface area contributed by atoms with Crippen molar-refractivity contribution in [3.8, 4) is 17.1 Å². The van der Waals surface area contributed by atoms with Gasteiger partial charge in [-0.05, 0) is 82.9 Å². The van der Waals surface area contributed by atoms with Crippen molar-refractivity contribution in [1.82, 2.24) is 18.9 Å². The predicted octanol–water partition coefficient (Wildman–Crippen LogP) is 8.11. The fraction of sp³-hybridized carbons (Fsp3) is 0.281. The lowest BCUT2D eigenvalue weighted by atomic mass is 10.1. The molecule has 0 aliphatic rings. The lowest BCUT2D eigenvalue weighted by molar-refractivity contribution is 1.02. The van der Waals surface area contributed by atoms with E-state index in [1.165, 1.54) is 28.7 Å². The van der Waals surface area contributed by atoms with Crippen LogP contribution in [0.25, 0.3) is 22.7 Å². The molecule has 2 N–H and O–H groups in total. The molecule has 5 rings (SSSR count). The van der Waals surface area contributed by atoms with Gasteiger partial charge in [0.05, 0.1) is 16.9 Å². The standard InChI is InChI=1S/C30H32N6.C2H6/c1-17-12-8-10-14-25(17)34-29-24(16-31)27(32-23(7)33-29)28-19(3)20(4)30-35(21(5)22(6)36(28)30)26-15-11-9-13-18(26)2;1-2/h8-16,31H,1-7H3,(H,32,33,34);1-2H3. The van der Waals surface area contributed by atoms with Crippen LogP contribution in [0.2, 0.25) is 0 Å². The van der Waals surface area contributed by atoms with E-state index in [1.807, 2.05) is 39.0 Å². The monoisotopic (exact) mass is 506 g/mol.